The molecule has 0 radical (unpaired) electrons. The fraction of sp³-hybridized carbons (Fsp3) is 0.280. The van der Waals surface area contributed by atoms with E-state index in [-0.39, 0.29) is 0 Å². The number of hydrogen-bond donors (Lipinski definition) is 1. The third-order valence-electron chi connectivity index (χ3n) is 5.83. The van der Waals surface area contributed by atoms with Gasteiger partial charge in [-0.3, -0.25) is 9.88 Å². The van der Waals surface area contributed by atoms with Crippen molar-refractivity contribution < 1.29 is 0 Å². The Kier molecular flexibility index (Phi) is 5.54. The van der Waals surface area contributed by atoms with Crippen LogP contribution in [-0.4, -0.2) is 37.9 Å². The Bertz CT molecular complexity index is 1170. The number of aromatic nitrogens is 4. The molecule has 1 saturated heterocycles. The third kappa shape index (κ3) is 4.70. The van der Waals surface area contributed by atoms with Gasteiger partial charge in [0.2, 0.25) is 5.95 Å². The van der Waals surface area contributed by atoms with E-state index in [9.17, 15) is 0 Å². The molecule has 0 unspecified atom stereocenters. The molecule has 3 aromatic heterocycles. The summed E-state index contributed by atoms with van der Waals surface area (Å²) >= 11 is 0. The van der Waals surface area contributed by atoms with Gasteiger partial charge < -0.3 is 5.32 Å². The van der Waals surface area contributed by atoms with Crippen molar-refractivity contribution in [2.75, 3.05) is 18.4 Å². The number of hydrogen-bond acceptors (Lipinski definition) is 6. The second-order valence-corrected chi connectivity index (χ2v) is 8.26. The number of piperidine rings is 1. The minimum atomic E-state index is 0.408. The molecule has 1 aromatic carbocycles. The summed E-state index contributed by atoms with van der Waals surface area (Å²) in [4.78, 5) is 20.5. The highest BCUT2D eigenvalue weighted by molar-refractivity contribution is 5.78. The van der Waals surface area contributed by atoms with Gasteiger partial charge in [0.05, 0.1) is 11.2 Å². The lowest BCUT2D eigenvalue weighted by Crippen LogP contribution is -2.34. The van der Waals surface area contributed by atoms with Gasteiger partial charge in [-0.15, -0.1) is 0 Å². The maximum atomic E-state index is 4.80. The van der Waals surface area contributed by atoms with Crippen LogP contribution >= 0.6 is 0 Å². The number of benzene rings is 1. The van der Waals surface area contributed by atoms with Crippen molar-refractivity contribution in [3.63, 3.8) is 0 Å². The summed E-state index contributed by atoms with van der Waals surface area (Å²) in [5, 5.41) is 4.42. The molecule has 1 atom stereocenters. The average Bonchev–Trinajstić information content (AvgIpc) is 2.81. The Hall–Kier alpha value is -3.38. The first-order chi connectivity index (χ1) is 15.2. The van der Waals surface area contributed by atoms with Crippen LogP contribution < -0.4 is 5.32 Å². The van der Waals surface area contributed by atoms with E-state index in [4.69, 9.17) is 4.98 Å². The molecular weight excluding hydrogens is 384 g/mol. The normalized spacial score (nSPS) is 17.0. The Morgan fingerprint density at radius 1 is 1.03 bits per heavy atom. The van der Waals surface area contributed by atoms with Gasteiger partial charge in [-0.2, -0.15) is 0 Å². The SMILES string of the molecule is Cc1ccc(Nc2nccc([C@@H]3CCCN(Cc4ccc5ncccc5c4)C3)n2)nc1. The quantitative estimate of drug-likeness (QED) is 0.507. The van der Waals surface area contributed by atoms with Crippen LogP contribution in [-0.2, 0) is 6.54 Å². The summed E-state index contributed by atoms with van der Waals surface area (Å²) in [6.07, 6.45) is 7.85. The van der Waals surface area contributed by atoms with E-state index >= 15 is 0 Å². The van der Waals surface area contributed by atoms with Gasteiger partial charge in [0.1, 0.15) is 5.82 Å². The molecule has 0 saturated carbocycles. The Balaban J connectivity index is 1.27. The second-order valence-electron chi connectivity index (χ2n) is 8.26. The molecule has 4 aromatic rings. The fourth-order valence-electron chi connectivity index (χ4n) is 4.24. The third-order valence-corrected chi connectivity index (χ3v) is 5.83. The summed E-state index contributed by atoms with van der Waals surface area (Å²) in [6, 6.07) is 16.7. The van der Waals surface area contributed by atoms with Gasteiger partial charge in [-0.25, -0.2) is 15.0 Å². The number of pyridine rings is 2. The molecule has 6 heteroatoms. The Morgan fingerprint density at radius 2 is 2.00 bits per heavy atom. The molecule has 156 valence electrons. The van der Waals surface area contributed by atoms with Gasteiger partial charge >= 0.3 is 0 Å². The predicted octanol–water partition coefficient (Wildman–Crippen LogP) is 4.85. The number of nitrogens with one attached hydrogen (secondary N) is 1. The second kappa shape index (κ2) is 8.78. The summed E-state index contributed by atoms with van der Waals surface area (Å²) in [6.45, 7) is 5.09. The van der Waals surface area contributed by atoms with Crippen molar-refractivity contribution in [3.05, 3.63) is 83.9 Å². The highest BCUT2D eigenvalue weighted by Gasteiger charge is 2.23. The highest BCUT2D eigenvalue weighted by Crippen LogP contribution is 2.27. The first-order valence-corrected chi connectivity index (χ1v) is 10.8. The van der Waals surface area contributed by atoms with Gasteiger partial charge in [0.25, 0.3) is 0 Å². The van der Waals surface area contributed by atoms with Gasteiger partial charge in [-0.1, -0.05) is 18.2 Å². The monoisotopic (exact) mass is 410 g/mol. The topological polar surface area (TPSA) is 66.8 Å². The predicted molar refractivity (Wildman–Crippen MR) is 123 cm³/mol. The molecule has 0 bridgehead atoms. The molecule has 1 fully saturated rings. The van der Waals surface area contributed by atoms with Crippen LogP contribution in [0.3, 0.4) is 0 Å². The van der Waals surface area contributed by atoms with E-state index < -0.39 is 0 Å². The highest BCUT2D eigenvalue weighted by atomic mass is 15.2. The minimum absolute atomic E-state index is 0.408. The fourth-order valence-corrected chi connectivity index (χ4v) is 4.24. The van der Waals surface area contributed by atoms with Crippen LogP contribution in [0.25, 0.3) is 10.9 Å². The number of nitrogens with zero attached hydrogens (tertiary/aromatic N) is 5. The van der Waals surface area contributed by atoms with Crippen molar-refractivity contribution in [2.45, 2.75) is 32.2 Å². The van der Waals surface area contributed by atoms with Crippen LogP contribution in [0, 0.1) is 6.92 Å². The molecule has 1 N–H and O–H groups in total. The van der Waals surface area contributed by atoms with Gasteiger partial charge in [0, 0.05) is 43.0 Å². The molecule has 1 aliphatic heterocycles. The van der Waals surface area contributed by atoms with E-state index in [1.165, 1.54) is 17.4 Å². The molecule has 4 heterocycles. The number of aryl methyl sites for hydroxylation is 1. The van der Waals surface area contributed by atoms with Crippen LogP contribution in [0.2, 0.25) is 0 Å². The molecule has 1 aliphatic rings. The standard InChI is InChI=1S/C25H26N6/c1-18-6-9-24(28-15-18)30-25-27-12-10-23(29-25)21-5-3-13-31(17-21)16-19-7-8-22-20(14-19)4-2-11-26-22/h2,4,6-12,14-15,21H,3,5,13,16-17H2,1H3,(H,27,28,29,30)/t21-/m1/s1. The van der Waals surface area contributed by atoms with Crippen molar-refractivity contribution in [1.29, 1.82) is 0 Å². The first-order valence-electron chi connectivity index (χ1n) is 10.8. The van der Waals surface area contributed by atoms with Crippen LogP contribution in [0.4, 0.5) is 11.8 Å². The van der Waals surface area contributed by atoms with Crippen LogP contribution in [0.1, 0.15) is 35.6 Å². The summed E-state index contributed by atoms with van der Waals surface area (Å²) in [5.74, 6) is 1.78. The van der Waals surface area contributed by atoms with Crippen molar-refractivity contribution in [3.8, 4) is 0 Å². The minimum Gasteiger partial charge on any atom is -0.309 e. The summed E-state index contributed by atoms with van der Waals surface area (Å²) in [7, 11) is 0. The lowest BCUT2D eigenvalue weighted by Gasteiger charge is -2.32. The molecule has 6 nitrogen and oxygen atoms in total. The first kappa shape index (κ1) is 19.6. The molecule has 0 aliphatic carbocycles. The molecule has 0 spiro atoms. The van der Waals surface area contributed by atoms with Crippen LogP contribution in [0.5, 0.6) is 0 Å². The average molecular weight is 411 g/mol. The summed E-state index contributed by atoms with van der Waals surface area (Å²) in [5.41, 5.74) is 4.60. The zero-order valence-corrected chi connectivity index (χ0v) is 17.7. The van der Waals surface area contributed by atoms with Crippen molar-refractivity contribution in [2.24, 2.45) is 0 Å². The molecular formula is C25H26N6. The molecule has 5 rings (SSSR count). The van der Waals surface area contributed by atoms with E-state index in [2.05, 4.69) is 49.4 Å². The van der Waals surface area contributed by atoms with E-state index in [1.807, 2.05) is 49.8 Å². The maximum absolute atomic E-state index is 4.80. The molecule has 0 amide bonds. The van der Waals surface area contributed by atoms with Gasteiger partial charge in [-0.05, 0) is 67.8 Å². The van der Waals surface area contributed by atoms with Crippen LogP contribution in [0.15, 0.2) is 67.1 Å². The number of fused-ring (bicyclic) bond motifs is 1. The van der Waals surface area contributed by atoms with Gasteiger partial charge in [0.15, 0.2) is 0 Å². The zero-order chi connectivity index (χ0) is 21.0. The lowest BCUT2D eigenvalue weighted by atomic mass is 9.94. The smallest absolute Gasteiger partial charge is 0.228 e. The van der Waals surface area contributed by atoms with Crippen molar-refractivity contribution in [1.82, 2.24) is 24.8 Å². The largest absolute Gasteiger partial charge is 0.309 e. The Labute approximate surface area is 182 Å². The lowest BCUT2D eigenvalue weighted by molar-refractivity contribution is 0.198. The molecule has 31 heavy (non-hydrogen) atoms. The zero-order valence-electron chi connectivity index (χ0n) is 17.7. The van der Waals surface area contributed by atoms with E-state index in [0.29, 0.717) is 11.9 Å². The van der Waals surface area contributed by atoms with E-state index in [1.54, 1.807) is 0 Å². The number of likely N-dealkylation sites (tertiary alicyclic amines) is 1. The summed E-state index contributed by atoms with van der Waals surface area (Å²) < 4.78 is 0. The Morgan fingerprint density at radius 3 is 2.90 bits per heavy atom. The number of anilines is 2. The van der Waals surface area contributed by atoms with E-state index in [0.717, 1.165) is 48.6 Å². The number of rotatable bonds is 5. The maximum Gasteiger partial charge on any atom is 0.228 e. The van der Waals surface area contributed by atoms with Crippen molar-refractivity contribution >= 4 is 22.7 Å².